The smallest absolute Gasteiger partial charge is 0.321 e. The van der Waals surface area contributed by atoms with Gasteiger partial charge in [0.25, 0.3) is 0 Å². The number of hydrogen-bond donors (Lipinski definition) is 2. The Morgan fingerprint density at radius 1 is 1.22 bits per heavy atom. The van der Waals surface area contributed by atoms with Crippen LogP contribution >= 0.6 is 0 Å². The third-order valence-corrected chi connectivity index (χ3v) is 5.42. The monoisotopic (exact) mass is 365 g/mol. The predicted octanol–water partition coefficient (Wildman–Crippen LogP) is 2.92. The maximum absolute atomic E-state index is 12.7. The van der Waals surface area contributed by atoms with E-state index < -0.39 is 5.54 Å². The fourth-order valence-corrected chi connectivity index (χ4v) is 3.91. The molecule has 27 heavy (non-hydrogen) atoms. The topological polar surface area (TPSA) is 92.0 Å². The molecule has 0 spiro atoms. The summed E-state index contributed by atoms with van der Waals surface area (Å²) in [5.41, 5.74) is 2.26. The van der Waals surface area contributed by atoms with Crippen LogP contribution in [0.5, 0.6) is 0 Å². The molecule has 1 aromatic heterocycles. The van der Waals surface area contributed by atoms with Crippen molar-refractivity contribution in [1.29, 1.82) is 5.26 Å². The number of hydrogen-bond acceptors (Lipinski definition) is 4. The number of aromatic nitrogens is 2. The minimum atomic E-state index is -0.504. The van der Waals surface area contributed by atoms with Gasteiger partial charge in [-0.15, -0.1) is 0 Å². The molecule has 2 amide bonds. The van der Waals surface area contributed by atoms with Crippen molar-refractivity contribution in [2.75, 3.05) is 18.5 Å². The standard InChI is InChI=1S/C20H23N5O2/c21-14-15-4-6-16(7-5-15)20(8-11-27-12-9-20)23-19(26)22-18-13-17-3-1-2-10-25(17)24-18/h4-7,13H,1-3,8-12H2,(H2,22,23,24,26). The number of anilines is 1. The van der Waals surface area contributed by atoms with Gasteiger partial charge in [-0.2, -0.15) is 10.4 Å². The molecule has 0 atom stereocenters. The molecular formula is C20H23N5O2. The van der Waals surface area contributed by atoms with E-state index in [1.165, 1.54) is 12.1 Å². The van der Waals surface area contributed by atoms with E-state index in [0.717, 1.165) is 24.9 Å². The summed E-state index contributed by atoms with van der Waals surface area (Å²) in [7, 11) is 0. The number of aryl methyl sites for hydroxylation is 2. The Morgan fingerprint density at radius 2 is 2.00 bits per heavy atom. The lowest BCUT2D eigenvalue weighted by molar-refractivity contribution is 0.0418. The minimum Gasteiger partial charge on any atom is -0.381 e. The number of rotatable bonds is 3. The van der Waals surface area contributed by atoms with Gasteiger partial charge in [0, 0.05) is 31.5 Å². The lowest BCUT2D eigenvalue weighted by Crippen LogP contribution is -2.50. The van der Waals surface area contributed by atoms with Gasteiger partial charge in [-0.05, 0) is 49.8 Å². The largest absolute Gasteiger partial charge is 0.381 e. The molecule has 0 bridgehead atoms. The molecule has 2 aliphatic heterocycles. The summed E-state index contributed by atoms with van der Waals surface area (Å²) in [6.45, 7) is 2.07. The Kier molecular flexibility index (Phi) is 4.82. The highest BCUT2D eigenvalue weighted by Gasteiger charge is 2.36. The Balaban J connectivity index is 1.51. The summed E-state index contributed by atoms with van der Waals surface area (Å²) in [5, 5.41) is 19.6. The van der Waals surface area contributed by atoms with E-state index in [0.29, 0.717) is 37.4 Å². The normalized spacial score (nSPS) is 18.2. The first-order chi connectivity index (χ1) is 13.2. The zero-order valence-corrected chi connectivity index (χ0v) is 15.2. The SMILES string of the molecule is N#Cc1ccc(C2(NC(=O)Nc3cc4n(n3)CCCC4)CCOCC2)cc1. The van der Waals surface area contributed by atoms with Crippen LogP contribution in [0.4, 0.5) is 10.6 Å². The second kappa shape index (κ2) is 7.41. The number of urea groups is 1. The number of carbonyl (C=O) groups is 1. The Bertz CT molecular complexity index is 836. The summed E-state index contributed by atoms with van der Waals surface area (Å²) < 4.78 is 7.48. The van der Waals surface area contributed by atoms with Gasteiger partial charge in [-0.3, -0.25) is 10.00 Å². The zero-order chi connectivity index (χ0) is 18.7. The van der Waals surface area contributed by atoms with Gasteiger partial charge in [-0.1, -0.05) is 12.1 Å². The highest BCUT2D eigenvalue weighted by Crippen LogP contribution is 2.32. The summed E-state index contributed by atoms with van der Waals surface area (Å²) in [5.74, 6) is 0.589. The van der Waals surface area contributed by atoms with Crippen molar-refractivity contribution < 1.29 is 9.53 Å². The van der Waals surface area contributed by atoms with E-state index in [2.05, 4.69) is 21.8 Å². The van der Waals surface area contributed by atoms with Crippen LogP contribution in [0, 0.1) is 11.3 Å². The highest BCUT2D eigenvalue weighted by atomic mass is 16.5. The fraction of sp³-hybridized carbons (Fsp3) is 0.450. The van der Waals surface area contributed by atoms with Gasteiger partial charge in [0.15, 0.2) is 5.82 Å². The molecule has 3 heterocycles. The first-order valence-electron chi connectivity index (χ1n) is 9.43. The van der Waals surface area contributed by atoms with Crippen LogP contribution in [-0.4, -0.2) is 29.0 Å². The van der Waals surface area contributed by atoms with E-state index >= 15 is 0 Å². The zero-order valence-electron chi connectivity index (χ0n) is 15.2. The van der Waals surface area contributed by atoms with Crippen molar-refractivity contribution in [3.05, 3.63) is 47.2 Å². The first-order valence-corrected chi connectivity index (χ1v) is 9.43. The molecule has 140 valence electrons. The second-order valence-corrected chi connectivity index (χ2v) is 7.16. The first kappa shape index (κ1) is 17.6. The molecule has 1 fully saturated rings. The molecule has 0 saturated carbocycles. The van der Waals surface area contributed by atoms with Crippen LogP contribution in [0.15, 0.2) is 30.3 Å². The predicted molar refractivity (Wildman–Crippen MR) is 100 cm³/mol. The lowest BCUT2D eigenvalue weighted by Gasteiger charge is -2.38. The van der Waals surface area contributed by atoms with E-state index in [1.807, 2.05) is 22.9 Å². The van der Waals surface area contributed by atoms with E-state index in [1.54, 1.807) is 12.1 Å². The second-order valence-electron chi connectivity index (χ2n) is 7.16. The molecule has 0 unspecified atom stereocenters. The summed E-state index contributed by atoms with van der Waals surface area (Å²) in [4.78, 5) is 12.7. The van der Waals surface area contributed by atoms with Crippen LogP contribution < -0.4 is 10.6 Å². The summed E-state index contributed by atoms with van der Waals surface area (Å²) >= 11 is 0. The number of nitrogens with one attached hydrogen (secondary N) is 2. The maximum atomic E-state index is 12.7. The molecule has 7 heteroatoms. The number of carbonyl (C=O) groups excluding carboxylic acids is 1. The van der Waals surface area contributed by atoms with Gasteiger partial charge in [-0.25, -0.2) is 4.79 Å². The number of nitrogens with zero attached hydrogens (tertiary/aromatic N) is 3. The third-order valence-electron chi connectivity index (χ3n) is 5.42. The van der Waals surface area contributed by atoms with Crippen LogP contribution in [-0.2, 0) is 23.2 Å². The molecular weight excluding hydrogens is 342 g/mol. The number of ether oxygens (including phenoxy) is 1. The number of benzene rings is 1. The average Bonchev–Trinajstić information content (AvgIpc) is 3.10. The molecule has 2 aromatic rings. The quantitative estimate of drug-likeness (QED) is 0.875. The Labute approximate surface area is 158 Å². The van der Waals surface area contributed by atoms with Gasteiger partial charge >= 0.3 is 6.03 Å². The van der Waals surface area contributed by atoms with Crippen molar-refractivity contribution in [3.8, 4) is 6.07 Å². The van der Waals surface area contributed by atoms with Gasteiger partial charge in [0.05, 0.1) is 17.2 Å². The minimum absolute atomic E-state index is 0.267. The van der Waals surface area contributed by atoms with Crippen LogP contribution in [0.1, 0.15) is 42.5 Å². The van der Waals surface area contributed by atoms with E-state index in [4.69, 9.17) is 10.00 Å². The van der Waals surface area contributed by atoms with E-state index in [-0.39, 0.29) is 6.03 Å². The molecule has 2 N–H and O–H groups in total. The lowest BCUT2D eigenvalue weighted by atomic mass is 9.82. The maximum Gasteiger partial charge on any atom is 0.321 e. The average molecular weight is 365 g/mol. The van der Waals surface area contributed by atoms with Crippen LogP contribution in [0.2, 0.25) is 0 Å². The van der Waals surface area contributed by atoms with Crippen LogP contribution in [0.25, 0.3) is 0 Å². The molecule has 0 aliphatic carbocycles. The molecule has 7 nitrogen and oxygen atoms in total. The number of fused-ring (bicyclic) bond motifs is 1. The van der Waals surface area contributed by atoms with E-state index in [9.17, 15) is 4.79 Å². The molecule has 4 rings (SSSR count). The summed E-state index contributed by atoms with van der Waals surface area (Å²) in [6.07, 6.45) is 4.67. The van der Waals surface area contributed by atoms with Crippen molar-refractivity contribution in [3.63, 3.8) is 0 Å². The number of amides is 2. The van der Waals surface area contributed by atoms with Crippen molar-refractivity contribution in [2.24, 2.45) is 0 Å². The molecule has 1 aromatic carbocycles. The molecule has 0 radical (unpaired) electrons. The fourth-order valence-electron chi connectivity index (χ4n) is 3.91. The van der Waals surface area contributed by atoms with Gasteiger partial charge < -0.3 is 10.1 Å². The molecule has 1 saturated heterocycles. The Morgan fingerprint density at radius 3 is 2.70 bits per heavy atom. The third kappa shape index (κ3) is 3.67. The van der Waals surface area contributed by atoms with Crippen molar-refractivity contribution in [2.45, 2.75) is 44.2 Å². The van der Waals surface area contributed by atoms with Crippen molar-refractivity contribution >= 4 is 11.8 Å². The van der Waals surface area contributed by atoms with Gasteiger partial charge in [0.2, 0.25) is 0 Å². The number of nitriles is 1. The van der Waals surface area contributed by atoms with Gasteiger partial charge in [0.1, 0.15) is 0 Å². The highest BCUT2D eigenvalue weighted by molar-refractivity contribution is 5.89. The van der Waals surface area contributed by atoms with Crippen LogP contribution in [0.3, 0.4) is 0 Å². The summed E-state index contributed by atoms with van der Waals surface area (Å²) in [6, 6.07) is 11.2. The molecule has 2 aliphatic rings. The Hall–Kier alpha value is -2.85. The van der Waals surface area contributed by atoms with Crippen molar-refractivity contribution in [1.82, 2.24) is 15.1 Å².